The zero-order chi connectivity index (χ0) is 13.5. The summed E-state index contributed by atoms with van der Waals surface area (Å²) >= 11 is 3.21. The molecule has 7 nitrogen and oxygen atoms in total. The highest BCUT2D eigenvalue weighted by atomic mass is 79.9. The molecule has 1 heterocycles. The van der Waals surface area contributed by atoms with Crippen LogP contribution in [0.5, 0.6) is 0 Å². The highest BCUT2D eigenvalue weighted by Crippen LogP contribution is 2.13. The van der Waals surface area contributed by atoms with Gasteiger partial charge in [-0.3, -0.25) is 4.79 Å². The van der Waals surface area contributed by atoms with Crippen LogP contribution in [0.25, 0.3) is 10.9 Å². The maximum absolute atomic E-state index is 11.9. The lowest BCUT2D eigenvalue weighted by atomic mass is 10.2. The van der Waals surface area contributed by atoms with Crippen molar-refractivity contribution in [2.75, 3.05) is 11.1 Å². The van der Waals surface area contributed by atoms with Gasteiger partial charge in [-0.25, -0.2) is 18.0 Å². The molecule has 0 saturated heterocycles. The lowest BCUT2D eigenvalue weighted by Crippen LogP contribution is -2.43. The fourth-order valence-electron chi connectivity index (χ4n) is 1.44. The van der Waals surface area contributed by atoms with Gasteiger partial charge in [0, 0.05) is 4.47 Å². The van der Waals surface area contributed by atoms with E-state index in [9.17, 15) is 18.0 Å². The number of H-pyrrole nitrogens is 1. The van der Waals surface area contributed by atoms with Gasteiger partial charge in [-0.05, 0) is 18.2 Å². The molecule has 0 radical (unpaired) electrons. The number of hydrogen-bond donors (Lipinski definition) is 2. The number of rotatable bonds is 2. The van der Waals surface area contributed by atoms with Crippen molar-refractivity contribution in [3.63, 3.8) is 0 Å². The highest BCUT2D eigenvalue weighted by Gasteiger charge is 2.10. The van der Waals surface area contributed by atoms with E-state index in [0.717, 1.165) is 6.26 Å². The third kappa shape index (κ3) is 2.46. The number of nitrogens with zero attached hydrogens (tertiary/aromatic N) is 1. The lowest BCUT2D eigenvalue weighted by Gasteiger charge is -2.07. The van der Waals surface area contributed by atoms with Crippen LogP contribution in [0.4, 0.5) is 0 Å². The highest BCUT2D eigenvalue weighted by molar-refractivity contribution is 9.10. The second-order valence-electron chi connectivity index (χ2n) is 3.62. The van der Waals surface area contributed by atoms with Gasteiger partial charge in [0.05, 0.1) is 17.2 Å². The van der Waals surface area contributed by atoms with Crippen molar-refractivity contribution in [2.24, 2.45) is 0 Å². The fourth-order valence-corrected chi connectivity index (χ4v) is 2.30. The summed E-state index contributed by atoms with van der Waals surface area (Å²) in [6, 6.07) is 4.66. The van der Waals surface area contributed by atoms with Crippen molar-refractivity contribution in [3.8, 4) is 0 Å². The first-order chi connectivity index (χ1) is 8.28. The molecule has 0 aliphatic carbocycles. The summed E-state index contributed by atoms with van der Waals surface area (Å²) in [6.07, 6.45) is 0.852. The summed E-state index contributed by atoms with van der Waals surface area (Å²) in [5.41, 5.74) is -1.26. The zero-order valence-electron chi connectivity index (χ0n) is 9.10. The maximum atomic E-state index is 11.9. The number of hydrogen-bond acceptors (Lipinski definition) is 4. The maximum Gasteiger partial charge on any atom is 0.348 e. The third-order valence-corrected chi connectivity index (χ3v) is 3.12. The van der Waals surface area contributed by atoms with E-state index in [2.05, 4.69) is 20.9 Å². The molecule has 96 valence electrons. The summed E-state index contributed by atoms with van der Waals surface area (Å²) in [7, 11) is -3.72. The lowest BCUT2D eigenvalue weighted by molar-refractivity contribution is 0.598. The van der Waals surface area contributed by atoms with E-state index in [-0.39, 0.29) is 5.39 Å². The van der Waals surface area contributed by atoms with Crippen molar-refractivity contribution >= 4 is 36.9 Å². The molecule has 2 aromatic rings. The number of nitrogens with one attached hydrogen (secondary N) is 2. The Morgan fingerprint density at radius 3 is 2.61 bits per heavy atom. The minimum atomic E-state index is -3.72. The van der Waals surface area contributed by atoms with Crippen LogP contribution in [0.1, 0.15) is 0 Å². The quantitative estimate of drug-likeness (QED) is 0.804. The number of benzene rings is 1. The first-order valence-electron chi connectivity index (χ1n) is 4.70. The number of halogens is 1. The average Bonchev–Trinajstić information content (AvgIpc) is 2.22. The van der Waals surface area contributed by atoms with E-state index in [0.29, 0.717) is 14.7 Å². The Morgan fingerprint density at radius 1 is 1.33 bits per heavy atom. The van der Waals surface area contributed by atoms with Gasteiger partial charge >= 0.3 is 5.69 Å². The van der Waals surface area contributed by atoms with Crippen molar-refractivity contribution < 1.29 is 8.42 Å². The van der Waals surface area contributed by atoms with Crippen molar-refractivity contribution in [1.29, 1.82) is 0 Å². The molecule has 0 saturated carbocycles. The average molecular weight is 334 g/mol. The summed E-state index contributed by atoms with van der Waals surface area (Å²) in [5.74, 6) is 0. The predicted octanol–water partition coefficient (Wildman–Crippen LogP) is -0.0446. The first-order valence-corrected chi connectivity index (χ1v) is 7.39. The molecule has 0 unspecified atom stereocenters. The number of sulfonamides is 1. The Kier molecular flexibility index (Phi) is 3.03. The van der Waals surface area contributed by atoms with Crippen molar-refractivity contribution in [1.82, 2.24) is 9.66 Å². The van der Waals surface area contributed by atoms with Crippen molar-refractivity contribution in [3.05, 3.63) is 43.5 Å². The van der Waals surface area contributed by atoms with E-state index in [4.69, 9.17) is 0 Å². The summed E-state index contributed by atoms with van der Waals surface area (Å²) in [6.45, 7) is 0. The van der Waals surface area contributed by atoms with Crippen LogP contribution >= 0.6 is 15.9 Å². The first kappa shape index (κ1) is 12.8. The van der Waals surface area contributed by atoms with E-state index < -0.39 is 21.3 Å². The van der Waals surface area contributed by atoms with E-state index >= 15 is 0 Å². The van der Waals surface area contributed by atoms with Gasteiger partial charge in [-0.2, -0.15) is 4.68 Å². The molecule has 0 fully saturated rings. The van der Waals surface area contributed by atoms with Gasteiger partial charge in [0.25, 0.3) is 5.56 Å². The minimum Gasteiger partial charge on any atom is -0.305 e. The largest absolute Gasteiger partial charge is 0.348 e. The number of aromatic amines is 1. The molecule has 0 bridgehead atoms. The molecule has 0 spiro atoms. The summed E-state index contributed by atoms with van der Waals surface area (Å²) < 4.78 is 23.2. The van der Waals surface area contributed by atoms with Crippen molar-refractivity contribution in [2.45, 2.75) is 0 Å². The molecule has 2 rings (SSSR count). The van der Waals surface area contributed by atoms with Crippen LogP contribution in [0.2, 0.25) is 0 Å². The topological polar surface area (TPSA) is 101 Å². The Bertz CT molecular complexity index is 837. The molecule has 18 heavy (non-hydrogen) atoms. The minimum absolute atomic E-state index is 0.203. The molecule has 0 amide bonds. The van der Waals surface area contributed by atoms with Crippen LogP contribution in [0.3, 0.4) is 0 Å². The van der Waals surface area contributed by atoms with Crippen LogP contribution < -0.4 is 16.1 Å². The molecule has 1 aromatic carbocycles. The zero-order valence-corrected chi connectivity index (χ0v) is 11.5. The molecule has 0 aliphatic rings. The van der Waals surface area contributed by atoms with Crippen LogP contribution in [0, 0.1) is 0 Å². The molecule has 9 heteroatoms. The fraction of sp³-hybridized carbons (Fsp3) is 0.111. The van der Waals surface area contributed by atoms with E-state index in [1.807, 2.05) is 4.83 Å². The third-order valence-electron chi connectivity index (χ3n) is 2.12. The molecular formula is C9H8BrN3O4S. The molecule has 0 atom stereocenters. The van der Waals surface area contributed by atoms with Crippen LogP contribution in [0.15, 0.2) is 32.3 Å². The second-order valence-corrected chi connectivity index (χ2v) is 6.27. The van der Waals surface area contributed by atoms with E-state index in [1.165, 1.54) is 6.07 Å². The molecule has 0 aliphatic heterocycles. The standard InChI is InChI=1S/C9H8BrN3O4S/c1-18(16,17)12-13-8(14)6-3-2-5(10)4-7(6)11-9(13)15/h2-4,12H,1H3,(H,11,15). The van der Waals surface area contributed by atoms with Gasteiger partial charge < -0.3 is 4.98 Å². The number of fused-ring (bicyclic) bond motifs is 1. The van der Waals surface area contributed by atoms with Crippen LogP contribution in [-0.2, 0) is 10.0 Å². The van der Waals surface area contributed by atoms with Gasteiger partial charge in [-0.15, -0.1) is 0 Å². The van der Waals surface area contributed by atoms with E-state index in [1.54, 1.807) is 12.1 Å². The summed E-state index contributed by atoms with van der Waals surface area (Å²) in [4.78, 5) is 27.8. The number of aromatic nitrogens is 2. The van der Waals surface area contributed by atoms with Gasteiger partial charge in [0.15, 0.2) is 0 Å². The van der Waals surface area contributed by atoms with Gasteiger partial charge in [0.1, 0.15) is 0 Å². The molecular weight excluding hydrogens is 326 g/mol. The predicted molar refractivity (Wildman–Crippen MR) is 70.7 cm³/mol. The Balaban J connectivity index is 2.82. The van der Waals surface area contributed by atoms with Crippen LogP contribution in [-0.4, -0.2) is 24.3 Å². The molecule has 2 N–H and O–H groups in total. The summed E-state index contributed by atoms with van der Waals surface area (Å²) in [5, 5.41) is 0.203. The Labute approximate surface area is 110 Å². The van der Waals surface area contributed by atoms with Gasteiger partial charge in [0.2, 0.25) is 10.0 Å². The molecule has 1 aromatic heterocycles. The Hall–Kier alpha value is -1.61. The normalized spacial score (nSPS) is 11.7. The smallest absolute Gasteiger partial charge is 0.305 e. The SMILES string of the molecule is CS(=O)(=O)Nn1c(=O)[nH]c2cc(Br)ccc2c1=O. The second kappa shape index (κ2) is 4.25. The monoisotopic (exact) mass is 333 g/mol. The van der Waals surface area contributed by atoms with Gasteiger partial charge in [-0.1, -0.05) is 15.9 Å². The Morgan fingerprint density at radius 2 is 2.00 bits per heavy atom.